The number of para-hydroxylation sites is 1. The van der Waals surface area contributed by atoms with Crippen LogP contribution < -0.4 is 15.5 Å². The first-order valence-corrected chi connectivity index (χ1v) is 8.22. The van der Waals surface area contributed by atoms with Crippen LogP contribution in [0.1, 0.15) is 26.2 Å². The van der Waals surface area contributed by atoms with Gasteiger partial charge in [0.25, 0.3) is 0 Å². The molecule has 1 aliphatic rings. The number of nitrogens with one attached hydrogen (secondary N) is 2. The molecule has 2 N–H and O–H groups in total. The Morgan fingerprint density at radius 3 is 2.64 bits per heavy atom. The number of nitrogens with zero attached hydrogens (tertiary/aromatic N) is 2. The summed E-state index contributed by atoms with van der Waals surface area (Å²) < 4.78 is 0. The SMILES string of the molecule is CC=CCCNC(=NC)NC1CCN(c2ccccc2)CC1. The highest BCUT2D eigenvalue weighted by Gasteiger charge is 2.19. The van der Waals surface area contributed by atoms with E-state index in [4.69, 9.17) is 0 Å². The second-order valence-electron chi connectivity index (χ2n) is 5.60. The summed E-state index contributed by atoms with van der Waals surface area (Å²) in [7, 11) is 1.84. The largest absolute Gasteiger partial charge is 0.371 e. The van der Waals surface area contributed by atoms with Gasteiger partial charge in [-0.15, -0.1) is 0 Å². The minimum Gasteiger partial charge on any atom is -0.371 e. The van der Waals surface area contributed by atoms with E-state index in [9.17, 15) is 0 Å². The molecule has 4 nitrogen and oxygen atoms in total. The van der Waals surface area contributed by atoms with Crippen LogP contribution in [0.5, 0.6) is 0 Å². The highest BCUT2D eigenvalue weighted by molar-refractivity contribution is 5.80. The number of hydrogen-bond donors (Lipinski definition) is 2. The molecule has 0 radical (unpaired) electrons. The lowest BCUT2D eigenvalue weighted by atomic mass is 10.0. The first kappa shape index (κ1) is 16.4. The van der Waals surface area contributed by atoms with Crippen LogP contribution in [0.25, 0.3) is 0 Å². The molecule has 2 rings (SSSR count). The first-order chi connectivity index (χ1) is 10.8. The average Bonchev–Trinajstić information content (AvgIpc) is 2.59. The Morgan fingerprint density at radius 2 is 2.00 bits per heavy atom. The predicted molar refractivity (Wildman–Crippen MR) is 95.6 cm³/mol. The summed E-state index contributed by atoms with van der Waals surface area (Å²) in [6, 6.07) is 11.2. The molecule has 0 saturated carbocycles. The van der Waals surface area contributed by atoms with E-state index in [1.54, 1.807) is 0 Å². The summed E-state index contributed by atoms with van der Waals surface area (Å²) in [6.07, 6.45) is 7.56. The molecule has 0 aliphatic carbocycles. The third-order valence-corrected chi connectivity index (χ3v) is 4.02. The molecule has 1 saturated heterocycles. The maximum Gasteiger partial charge on any atom is 0.191 e. The van der Waals surface area contributed by atoms with Crippen molar-refractivity contribution in [3.05, 3.63) is 42.5 Å². The van der Waals surface area contributed by atoms with Gasteiger partial charge in [0.1, 0.15) is 0 Å². The van der Waals surface area contributed by atoms with Crippen molar-refractivity contribution in [1.29, 1.82) is 0 Å². The zero-order valence-electron chi connectivity index (χ0n) is 13.8. The highest BCUT2D eigenvalue weighted by Crippen LogP contribution is 2.19. The number of benzene rings is 1. The van der Waals surface area contributed by atoms with Gasteiger partial charge >= 0.3 is 0 Å². The lowest BCUT2D eigenvalue weighted by Crippen LogP contribution is -2.48. The molecule has 120 valence electrons. The van der Waals surface area contributed by atoms with Gasteiger partial charge in [0, 0.05) is 38.4 Å². The van der Waals surface area contributed by atoms with Crippen molar-refractivity contribution in [3.63, 3.8) is 0 Å². The zero-order valence-corrected chi connectivity index (χ0v) is 13.8. The van der Waals surface area contributed by atoms with Crippen molar-refractivity contribution in [3.8, 4) is 0 Å². The lowest BCUT2D eigenvalue weighted by Gasteiger charge is -2.34. The third-order valence-electron chi connectivity index (χ3n) is 4.02. The summed E-state index contributed by atoms with van der Waals surface area (Å²) >= 11 is 0. The molecule has 1 aromatic carbocycles. The van der Waals surface area contributed by atoms with Crippen LogP contribution >= 0.6 is 0 Å². The topological polar surface area (TPSA) is 39.7 Å². The Balaban J connectivity index is 1.74. The molecule has 0 atom stereocenters. The Hall–Kier alpha value is -1.97. The van der Waals surface area contributed by atoms with Crippen molar-refractivity contribution in [1.82, 2.24) is 10.6 Å². The number of piperidine rings is 1. The number of anilines is 1. The van der Waals surface area contributed by atoms with Crippen molar-refractivity contribution >= 4 is 11.6 Å². The van der Waals surface area contributed by atoms with Gasteiger partial charge in [-0.1, -0.05) is 30.4 Å². The molecule has 1 aromatic rings. The first-order valence-electron chi connectivity index (χ1n) is 8.22. The van der Waals surface area contributed by atoms with Crippen molar-refractivity contribution in [2.24, 2.45) is 4.99 Å². The molecular weight excluding hydrogens is 272 g/mol. The van der Waals surface area contributed by atoms with Crippen molar-refractivity contribution < 1.29 is 0 Å². The van der Waals surface area contributed by atoms with E-state index in [-0.39, 0.29) is 0 Å². The van der Waals surface area contributed by atoms with Crippen LogP contribution in [-0.2, 0) is 0 Å². The van der Waals surface area contributed by atoms with E-state index >= 15 is 0 Å². The van der Waals surface area contributed by atoms with Gasteiger partial charge in [-0.25, -0.2) is 0 Å². The Morgan fingerprint density at radius 1 is 1.27 bits per heavy atom. The molecule has 1 aliphatic heterocycles. The molecule has 22 heavy (non-hydrogen) atoms. The summed E-state index contributed by atoms with van der Waals surface area (Å²) in [5.74, 6) is 0.919. The summed E-state index contributed by atoms with van der Waals surface area (Å²) in [4.78, 5) is 6.77. The molecule has 0 aromatic heterocycles. The summed E-state index contributed by atoms with van der Waals surface area (Å²) in [5.41, 5.74) is 1.33. The predicted octanol–water partition coefficient (Wildman–Crippen LogP) is 2.79. The fraction of sp³-hybridized carbons (Fsp3) is 0.500. The van der Waals surface area contributed by atoms with Gasteiger partial charge in [0.15, 0.2) is 5.96 Å². The number of hydrogen-bond acceptors (Lipinski definition) is 2. The number of aliphatic imine (C=N–C) groups is 1. The maximum absolute atomic E-state index is 4.31. The van der Waals surface area contributed by atoms with Gasteiger partial charge in [0.05, 0.1) is 0 Å². The molecule has 0 unspecified atom stereocenters. The fourth-order valence-corrected chi connectivity index (χ4v) is 2.75. The molecule has 4 heteroatoms. The average molecular weight is 300 g/mol. The lowest BCUT2D eigenvalue weighted by molar-refractivity contribution is 0.461. The number of guanidine groups is 1. The van der Waals surface area contributed by atoms with E-state index < -0.39 is 0 Å². The molecule has 0 amide bonds. The summed E-state index contributed by atoms with van der Waals surface area (Å²) in [5, 5.41) is 6.91. The van der Waals surface area contributed by atoms with Gasteiger partial charge in [0.2, 0.25) is 0 Å². The molecule has 1 fully saturated rings. The molecular formula is C18H28N4. The van der Waals surface area contributed by atoms with Crippen LogP contribution in [0.3, 0.4) is 0 Å². The van der Waals surface area contributed by atoms with Gasteiger partial charge < -0.3 is 15.5 Å². The standard InChI is InChI=1S/C18H28N4/c1-3-4-8-13-20-18(19-2)21-16-11-14-22(15-12-16)17-9-6-5-7-10-17/h3-7,9-10,16H,8,11-15H2,1-2H3,(H2,19,20,21). The van der Waals surface area contributed by atoms with Gasteiger partial charge in [-0.2, -0.15) is 0 Å². The van der Waals surface area contributed by atoms with Crippen LogP contribution in [0, 0.1) is 0 Å². The quantitative estimate of drug-likeness (QED) is 0.380. The van der Waals surface area contributed by atoms with E-state index in [1.807, 2.05) is 14.0 Å². The van der Waals surface area contributed by atoms with E-state index in [0.29, 0.717) is 6.04 Å². The normalized spacial score (nSPS) is 17.0. The van der Waals surface area contributed by atoms with Crippen LogP contribution in [0.4, 0.5) is 5.69 Å². The summed E-state index contributed by atoms with van der Waals surface area (Å²) in [6.45, 7) is 5.16. The minimum atomic E-state index is 0.507. The molecule has 1 heterocycles. The fourth-order valence-electron chi connectivity index (χ4n) is 2.75. The van der Waals surface area contributed by atoms with E-state index in [1.165, 1.54) is 5.69 Å². The van der Waals surface area contributed by atoms with Gasteiger partial charge in [-0.05, 0) is 38.3 Å². The smallest absolute Gasteiger partial charge is 0.191 e. The van der Waals surface area contributed by atoms with E-state index in [0.717, 1.165) is 44.9 Å². The molecule has 0 bridgehead atoms. The Kier molecular flexibility index (Phi) is 6.81. The monoisotopic (exact) mass is 300 g/mol. The van der Waals surface area contributed by atoms with Crippen LogP contribution in [0.2, 0.25) is 0 Å². The second-order valence-corrected chi connectivity index (χ2v) is 5.60. The number of allylic oxidation sites excluding steroid dienone is 1. The third kappa shape index (κ3) is 5.10. The number of rotatable bonds is 5. The minimum absolute atomic E-state index is 0.507. The van der Waals surface area contributed by atoms with Crippen molar-refractivity contribution in [2.45, 2.75) is 32.2 Å². The van der Waals surface area contributed by atoms with Crippen LogP contribution in [-0.4, -0.2) is 38.7 Å². The maximum atomic E-state index is 4.31. The van der Waals surface area contributed by atoms with Crippen molar-refractivity contribution in [2.75, 3.05) is 31.6 Å². The second kappa shape index (κ2) is 9.13. The molecule has 0 spiro atoms. The van der Waals surface area contributed by atoms with Crippen LogP contribution in [0.15, 0.2) is 47.5 Å². The van der Waals surface area contributed by atoms with E-state index in [2.05, 4.69) is 63.0 Å². The van der Waals surface area contributed by atoms with Gasteiger partial charge in [-0.3, -0.25) is 4.99 Å². The highest BCUT2D eigenvalue weighted by atomic mass is 15.2. The zero-order chi connectivity index (χ0) is 15.6. The Bertz CT molecular complexity index is 473. The Labute approximate surface area is 134 Å².